The van der Waals surface area contributed by atoms with Crippen molar-refractivity contribution in [1.29, 1.82) is 0 Å². The summed E-state index contributed by atoms with van der Waals surface area (Å²) in [5.74, 6) is 0.547. The standard InChI is InChI=1S/C20H22N2O2S/c1-4-5-9-24-16-8-6-7-15(12-16)19(23)22-20-21-17-11-13(2)10-14(3)18(17)25-20/h6-8,10-12H,4-5,9H2,1-3H3,(H,21,22,23). The Bertz CT molecular complexity index is 902. The highest BCUT2D eigenvalue weighted by Crippen LogP contribution is 2.30. The first-order valence-corrected chi connectivity index (χ1v) is 9.30. The summed E-state index contributed by atoms with van der Waals surface area (Å²) in [6.07, 6.45) is 2.08. The summed E-state index contributed by atoms with van der Waals surface area (Å²) in [6, 6.07) is 11.4. The molecule has 130 valence electrons. The fraction of sp³-hybridized carbons (Fsp3) is 0.300. The highest BCUT2D eigenvalue weighted by atomic mass is 32.1. The van der Waals surface area contributed by atoms with Gasteiger partial charge in [-0.3, -0.25) is 10.1 Å². The number of ether oxygens (including phenoxy) is 1. The molecule has 0 bridgehead atoms. The molecule has 5 heteroatoms. The normalized spacial score (nSPS) is 10.8. The molecule has 0 atom stereocenters. The number of hydrogen-bond donors (Lipinski definition) is 1. The first-order chi connectivity index (χ1) is 12.1. The Morgan fingerprint density at radius 2 is 2.08 bits per heavy atom. The second-order valence-corrected chi connectivity index (χ2v) is 7.13. The molecule has 0 radical (unpaired) electrons. The van der Waals surface area contributed by atoms with Crippen molar-refractivity contribution in [3.05, 3.63) is 53.1 Å². The zero-order valence-corrected chi connectivity index (χ0v) is 15.6. The van der Waals surface area contributed by atoms with E-state index in [2.05, 4.69) is 30.2 Å². The quantitative estimate of drug-likeness (QED) is 0.608. The lowest BCUT2D eigenvalue weighted by atomic mass is 10.1. The van der Waals surface area contributed by atoms with E-state index in [1.165, 1.54) is 22.5 Å². The summed E-state index contributed by atoms with van der Waals surface area (Å²) in [5, 5.41) is 3.52. The molecule has 3 aromatic rings. The molecule has 0 fully saturated rings. The van der Waals surface area contributed by atoms with Crippen LogP contribution in [0.25, 0.3) is 10.2 Å². The number of amides is 1. The molecule has 0 aliphatic carbocycles. The summed E-state index contributed by atoms with van der Waals surface area (Å²) in [7, 11) is 0. The van der Waals surface area contributed by atoms with Crippen LogP contribution >= 0.6 is 11.3 Å². The molecular formula is C20H22N2O2S. The topological polar surface area (TPSA) is 51.2 Å². The van der Waals surface area contributed by atoms with Gasteiger partial charge in [0.05, 0.1) is 16.8 Å². The van der Waals surface area contributed by atoms with Crippen LogP contribution in [0.3, 0.4) is 0 Å². The molecule has 0 saturated carbocycles. The van der Waals surface area contributed by atoms with Crippen molar-refractivity contribution in [3.8, 4) is 5.75 Å². The lowest BCUT2D eigenvalue weighted by Crippen LogP contribution is -2.11. The lowest BCUT2D eigenvalue weighted by Gasteiger charge is -2.07. The van der Waals surface area contributed by atoms with Crippen LogP contribution in [-0.2, 0) is 0 Å². The van der Waals surface area contributed by atoms with Crippen molar-refractivity contribution < 1.29 is 9.53 Å². The van der Waals surface area contributed by atoms with Gasteiger partial charge >= 0.3 is 0 Å². The molecule has 1 heterocycles. The smallest absolute Gasteiger partial charge is 0.257 e. The number of anilines is 1. The van der Waals surface area contributed by atoms with Gasteiger partial charge < -0.3 is 4.74 Å². The Kier molecular flexibility index (Phi) is 5.34. The number of unbranched alkanes of at least 4 members (excludes halogenated alkanes) is 1. The van der Waals surface area contributed by atoms with Crippen LogP contribution in [0.15, 0.2) is 36.4 Å². The largest absolute Gasteiger partial charge is 0.494 e. The number of nitrogens with one attached hydrogen (secondary N) is 1. The van der Waals surface area contributed by atoms with E-state index < -0.39 is 0 Å². The monoisotopic (exact) mass is 354 g/mol. The van der Waals surface area contributed by atoms with Gasteiger partial charge in [-0.2, -0.15) is 0 Å². The van der Waals surface area contributed by atoms with E-state index in [1.54, 1.807) is 12.1 Å². The van der Waals surface area contributed by atoms with Gasteiger partial charge in [-0.25, -0.2) is 4.98 Å². The molecule has 1 amide bonds. The van der Waals surface area contributed by atoms with Gasteiger partial charge in [0.2, 0.25) is 0 Å². The predicted octanol–water partition coefficient (Wildman–Crippen LogP) is 5.34. The zero-order valence-electron chi connectivity index (χ0n) is 14.8. The Hall–Kier alpha value is -2.40. The number of aryl methyl sites for hydroxylation is 2. The number of aromatic nitrogens is 1. The minimum atomic E-state index is -0.172. The van der Waals surface area contributed by atoms with Crippen LogP contribution in [0.2, 0.25) is 0 Å². The summed E-state index contributed by atoms with van der Waals surface area (Å²) in [6.45, 7) is 6.90. The third-order valence-corrected chi connectivity index (χ3v) is 5.03. The Morgan fingerprint density at radius 3 is 2.88 bits per heavy atom. The van der Waals surface area contributed by atoms with E-state index in [-0.39, 0.29) is 5.91 Å². The molecule has 1 aromatic heterocycles. The van der Waals surface area contributed by atoms with E-state index in [4.69, 9.17) is 4.74 Å². The molecule has 0 unspecified atom stereocenters. The SMILES string of the molecule is CCCCOc1cccc(C(=O)Nc2nc3cc(C)cc(C)c3s2)c1. The maximum atomic E-state index is 12.5. The van der Waals surface area contributed by atoms with Gasteiger partial charge in [0.15, 0.2) is 5.13 Å². The molecule has 1 N–H and O–H groups in total. The van der Waals surface area contributed by atoms with Gasteiger partial charge in [0, 0.05) is 5.56 Å². The summed E-state index contributed by atoms with van der Waals surface area (Å²) < 4.78 is 6.78. The highest BCUT2D eigenvalue weighted by Gasteiger charge is 2.12. The second kappa shape index (κ2) is 7.66. The third kappa shape index (κ3) is 4.17. The molecule has 0 saturated heterocycles. The summed E-state index contributed by atoms with van der Waals surface area (Å²) >= 11 is 1.50. The highest BCUT2D eigenvalue weighted by molar-refractivity contribution is 7.22. The van der Waals surface area contributed by atoms with Gasteiger partial charge in [-0.1, -0.05) is 36.8 Å². The molecule has 3 rings (SSSR count). The molecule has 4 nitrogen and oxygen atoms in total. The first-order valence-electron chi connectivity index (χ1n) is 8.49. The fourth-order valence-electron chi connectivity index (χ4n) is 2.66. The molecule has 2 aromatic carbocycles. The van der Waals surface area contributed by atoms with Crippen LogP contribution < -0.4 is 10.1 Å². The van der Waals surface area contributed by atoms with Gasteiger partial charge in [0.1, 0.15) is 5.75 Å². The Balaban J connectivity index is 1.76. The molecule has 25 heavy (non-hydrogen) atoms. The number of carbonyl (C=O) groups excluding carboxylic acids is 1. The minimum Gasteiger partial charge on any atom is -0.494 e. The van der Waals surface area contributed by atoms with E-state index in [1.807, 2.05) is 25.1 Å². The molecule has 0 aliphatic rings. The number of fused-ring (bicyclic) bond motifs is 1. The summed E-state index contributed by atoms with van der Waals surface area (Å²) in [5.41, 5.74) is 3.85. The van der Waals surface area contributed by atoms with Crippen LogP contribution in [0.1, 0.15) is 41.3 Å². The predicted molar refractivity (Wildman–Crippen MR) is 104 cm³/mol. The average Bonchev–Trinajstić information content (AvgIpc) is 2.98. The van der Waals surface area contributed by atoms with Crippen LogP contribution in [-0.4, -0.2) is 17.5 Å². The van der Waals surface area contributed by atoms with E-state index >= 15 is 0 Å². The third-order valence-electron chi connectivity index (χ3n) is 3.90. The molecular weight excluding hydrogens is 332 g/mol. The number of thiazole rings is 1. The van der Waals surface area contributed by atoms with E-state index in [9.17, 15) is 4.79 Å². The van der Waals surface area contributed by atoms with Crippen molar-refractivity contribution in [1.82, 2.24) is 4.98 Å². The van der Waals surface area contributed by atoms with Gasteiger partial charge in [0.25, 0.3) is 5.91 Å². The Labute approximate surface area is 151 Å². The van der Waals surface area contributed by atoms with Crippen LogP contribution in [0.5, 0.6) is 5.75 Å². The number of benzene rings is 2. The molecule has 0 aliphatic heterocycles. The molecule has 0 spiro atoms. The fourth-order valence-corrected chi connectivity index (χ4v) is 3.57. The van der Waals surface area contributed by atoms with Crippen molar-refractivity contribution >= 4 is 32.6 Å². The number of nitrogens with zero attached hydrogens (tertiary/aromatic N) is 1. The Morgan fingerprint density at radius 1 is 1.24 bits per heavy atom. The van der Waals surface area contributed by atoms with Crippen molar-refractivity contribution in [2.24, 2.45) is 0 Å². The number of hydrogen-bond acceptors (Lipinski definition) is 4. The van der Waals surface area contributed by atoms with E-state index in [0.29, 0.717) is 17.3 Å². The van der Waals surface area contributed by atoms with Crippen LogP contribution in [0, 0.1) is 13.8 Å². The van der Waals surface area contributed by atoms with Gasteiger partial charge in [-0.15, -0.1) is 0 Å². The first kappa shape index (κ1) is 17.4. The van der Waals surface area contributed by atoms with Crippen molar-refractivity contribution in [2.75, 3.05) is 11.9 Å². The van der Waals surface area contributed by atoms with E-state index in [0.717, 1.165) is 28.8 Å². The van der Waals surface area contributed by atoms with Crippen LogP contribution in [0.4, 0.5) is 5.13 Å². The minimum absolute atomic E-state index is 0.172. The maximum Gasteiger partial charge on any atom is 0.257 e. The zero-order chi connectivity index (χ0) is 17.8. The maximum absolute atomic E-state index is 12.5. The summed E-state index contributed by atoms with van der Waals surface area (Å²) in [4.78, 5) is 17.1. The lowest BCUT2D eigenvalue weighted by molar-refractivity contribution is 0.102. The van der Waals surface area contributed by atoms with Gasteiger partial charge in [-0.05, 0) is 55.7 Å². The number of rotatable bonds is 6. The second-order valence-electron chi connectivity index (χ2n) is 6.13. The van der Waals surface area contributed by atoms with Crippen molar-refractivity contribution in [2.45, 2.75) is 33.6 Å². The average molecular weight is 354 g/mol. The number of carbonyl (C=O) groups is 1. The van der Waals surface area contributed by atoms with Crippen molar-refractivity contribution in [3.63, 3.8) is 0 Å².